The maximum absolute atomic E-state index is 14.0. The summed E-state index contributed by atoms with van der Waals surface area (Å²) in [5, 5.41) is 14.7. The van der Waals surface area contributed by atoms with E-state index in [2.05, 4.69) is 10.6 Å². The largest absolute Gasteiger partial charge is 0.481 e. The number of benzene rings is 4. The molecule has 0 aromatic heterocycles. The molecule has 0 fully saturated rings. The van der Waals surface area contributed by atoms with Gasteiger partial charge in [-0.15, -0.1) is 0 Å². The third kappa shape index (κ3) is 6.70. The number of carbonyl (C=O) groups is 2. The number of rotatable bonds is 10. The number of aliphatic carboxylic acids is 1. The Kier molecular flexibility index (Phi) is 8.63. The molecule has 4 aromatic carbocycles. The van der Waals surface area contributed by atoms with Crippen LogP contribution in [0.2, 0.25) is 0 Å². The Bertz CT molecular complexity index is 1790. The molecule has 1 heterocycles. The van der Waals surface area contributed by atoms with Gasteiger partial charge < -0.3 is 15.7 Å². The highest BCUT2D eigenvalue weighted by atomic mass is 32.2. The zero-order valence-corrected chi connectivity index (χ0v) is 24.0. The molecule has 228 valence electrons. The van der Waals surface area contributed by atoms with E-state index >= 15 is 0 Å². The molecule has 0 spiro atoms. The summed E-state index contributed by atoms with van der Waals surface area (Å²) < 4.78 is 68.6. The van der Waals surface area contributed by atoms with Crippen molar-refractivity contribution in [2.75, 3.05) is 16.2 Å². The van der Waals surface area contributed by atoms with Crippen LogP contribution in [0.25, 0.3) is 11.1 Å². The van der Waals surface area contributed by atoms with Crippen LogP contribution in [0, 0.1) is 0 Å². The molecule has 0 saturated heterocycles. The molecule has 1 aliphatic heterocycles. The molecule has 1 aliphatic rings. The summed E-state index contributed by atoms with van der Waals surface area (Å²) in [7, 11) is -4.25. The predicted octanol–water partition coefficient (Wildman–Crippen LogP) is 5.70. The summed E-state index contributed by atoms with van der Waals surface area (Å²) in [5.74, 6) is -1.43. The number of para-hydroxylation sites is 1. The lowest BCUT2D eigenvalue weighted by atomic mass is 10.0. The van der Waals surface area contributed by atoms with Crippen molar-refractivity contribution in [1.82, 2.24) is 5.32 Å². The number of carboxylic acids is 1. The van der Waals surface area contributed by atoms with Gasteiger partial charge in [0.2, 0.25) is 5.91 Å². The summed E-state index contributed by atoms with van der Waals surface area (Å²) in [5.41, 5.74) is 2.36. The Hall–Kier alpha value is -4.84. The minimum Gasteiger partial charge on any atom is -0.481 e. The second-order valence-electron chi connectivity index (χ2n) is 10.2. The van der Waals surface area contributed by atoms with Gasteiger partial charge in [0.15, 0.2) is 0 Å². The van der Waals surface area contributed by atoms with Gasteiger partial charge in [0.05, 0.1) is 22.6 Å². The van der Waals surface area contributed by atoms with Gasteiger partial charge in [-0.05, 0) is 64.7 Å². The second kappa shape index (κ2) is 12.4. The van der Waals surface area contributed by atoms with Gasteiger partial charge in [0.1, 0.15) is 6.04 Å². The molecular weight excluding hydrogens is 595 g/mol. The average Bonchev–Trinajstić information content (AvgIpc) is 3.40. The number of nitrogens with one attached hydrogen (secondary N) is 2. The summed E-state index contributed by atoms with van der Waals surface area (Å²) in [4.78, 5) is 24.1. The van der Waals surface area contributed by atoms with Crippen LogP contribution >= 0.6 is 0 Å². The first-order chi connectivity index (χ1) is 20.9. The third-order valence-corrected chi connectivity index (χ3v) is 9.06. The maximum atomic E-state index is 14.0. The minimum absolute atomic E-state index is 0.0541. The average molecular weight is 624 g/mol. The number of fused-ring (bicyclic) bond motifs is 1. The summed E-state index contributed by atoms with van der Waals surface area (Å²) in [6, 6.07) is 23.1. The number of alkyl halides is 3. The zero-order chi connectivity index (χ0) is 31.5. The number of hydrogen-bond donors (Lipinski definition) is 3. The van der Waals surface area contributed by atoms with Gasteiger partial charge in [-0.1, -0.05) is 54.6 Å². The van der Waals surface area contributed by atoms with E-state index in [0.29, 0.717) is 22.5 Å². The van der Waals surface area contributed by atoms with Gasteiger partial charge in [-0.25, -0.2) is 8.42 Å². The van der Waals surface area contributed by atoms with Crippen molar-refractivity contribution in [3.63, 3.8) is 0 Å². The highest BCUT2D eigenvalue weighted by Gasteiger charge is 2.42. The van der Waals surface area contributed by atoms with Crippen LogP contribution in [0.1, 0.15) is 23.1 Å². The van der Waals surface area contributed by atoms with E-state index < -0.39 is 39.7 Å². The van der Waals surface area contributed by atoms with Crippen molar-refractivity contribution in [2.45, 2.75) is 36.5 Å². The monoisotopic (exact) mass is 623 g/mol. The lowest BCUT2D eigenvalue weighted by molar-refractivity contribution is -0.138. The Morgan fingerprint density at radius 1 is 0.886 bits per heavy atom. The van der Waals surface area contributed by atoms with Crippen molar-refractivity contribution in [1.29, 1.82) is 0 Å². The van der Waals surface area contributed by atoms with Gasteiger partial charge in [0, 0.05) is 25.2 Å². The summed E-state index contributed by atoms with van der Waals surface area (Å²) >= 11 is 0. The van der Waals surface area contributed by atoms with Crippen LogP contribution in [0.15, 0.2) is 102 Å². The summed E-state index contributed by atoms with van der Waals surface area (Å²) in [6.07, 6.45) is -4.42. The Balaban J connectivity index is 1.36. The van der Waals surface area contributed by atoms with Crippen molar-refractivity contribution in [3.05, 3.63) is 114 Å². The van der Waals surface area contributed by atoms with Gasteiger partial charge in [-0.2, -0.15) is 13.2 Å². The van der Waals surface area contributed by atoms with Crippen LogP contribution in [-0.4, -0.2) is 38.0 Å². The fourth-order valence-electron chi connectivity index (χ4n) is 5.07. The molecule has 0 aliphatic carbocycles. The number of amides is 1. The number of halogens is 3. The van der Waals surface area contributed by atoms with E-state index in [0.717, 1.165) is 22.0 Å². The highest BCUT2D eigenvalue weighted by Crippen LogP contribution is 2.38. The number of sulfonamides is 1. The lowest BCUT2D eigenvalue weighted by Gasteiger charge is -2.26. The number of carbonyl (C=O) groups excluding carboxylic acids is 1. The molecule has 5 rings (SSSR count). The fourth-order valence-corrected chi connectivity index (χ4v) is 6.72. The number of carboxylic acid groups (broad SMARTS) is 1. The fraction of sp³-hybridized carbons (Fsp3) is 0.188. The van der Waals surface area contributed by atoms with E-state index in [1.807, 2.05) is 0 Å². The van der Waals surface area contributed by atoms with Gasteiger partial charge in [-0.3, -0.25) is 13.9 Å². The second-order valence-corrected chi connectivity index (χ2v) is 12.1. The molecule has 1 atom stereocenters. The Labute approximate surface area is 252 Å². The topological polar surface area (TPSA) is 116 Å². The van der Waals surface area contributed by atoms with Gasteiger partial charge in [0.25, 0.3) is 10.0 Å². The smallest absolute Gasteiger partial charge is 0.416 e. The molecule has 12 heteroatoms. The lowest BCUT2D eigenvalue weighted by Crippen LogP contribution is -2.47. The number of anilines is 2. The minimum atomic E-state index is -4.51. The standard InChI is InChI=1S/C32H28F3N3O5S/c33-32(34,35)25-8-4-7-23(18-25)22-11-13-27(14-12-22)44(42,43)38-28-10-2-1-6-24(28)19-29(38)31(41)37-20-21-5-3-9-26(17-21)36-16-15-30(39)40/h1-14,17-18,29,36H,15-16,19-20H2,(H,37,41)(H,39,40)/t29-/m0/s1. The van der Waals surface area contributed by atoms with Crippen molar-refractivity contribution in [2.24, 2.45) is 0 Å². The SMILES string of the molecule is O=C(O)CCNc1cccc(CNC(=O)[C@@H]2Cc3ccccc3N2S(=O)(=O)c2ccc(-c3cccc(C(F)(F)F)c3)cc2)c1. The quantitative estimate of drug-likeness (QED) is 0.209. The first kappa shape index (κ1) is 30.6. The zero-order valence-electron chi connectivity index (χ0n) is 23.2. The van der Waals surface area contributed by atoms with Crippen LogP contribution in [-0.2, 0) is 38.8 Å². The van der Waals surface area contributed by atoms with Crippen LogP contribution in [0.5, 0.6) is 0 Å². The Morgan fingerprint density at radius 2 is 1.61 bits per heavy atom. The van der Waals surface area contributed by atoms with Crippen molar-refractivity contribution in [3.8, 4) is 11.1 Å². The number of nitrogens with zero attached hydrogens (tertiary/aromatic N) is 1. The number of hydrogen-bond acceptors (Lipinski definition) is 5. The maximum Gasteiger partial charge on any atom is 0.416 e. The van der Waals surface area contributed by atoms with E-state index in [4.69, 9.17) is 5.11 Å². The molecule has 0 bridgehead atoms. The van der Waals surface area contributed by atoms with E-state index in [1.54, 1.807) is 48.5 Å². The first-order valence-corrected chi connectivity index (χ1v) is 15.1. The van der Waals surface area contributed by atoms with E-state index in [9.17, 15) is 31.2 Å². The molecule has 0 saturated carbocycles. The molecular formula is C32H28F3N3O5S. The first-order valence-electron chi connectivity index (χ1n) is 13.7. The molecule has 0 unspecified atom stereocenters. The summed E-state index contributed by atoms with van der Waals surface area (Å²) in [6.45, 7) is 0.346. The van der Waals surface area contributed by atoms with Gasteiger partial charge >= 0.3 is 12.1 Å². The van der Waals surface area contributed by atoms with E-state index in [1.165, 1.54) is 36.4 Å². The molecule has 44 heavy (non-hydrogen) atoms. The molecule has 1 amide bonds. The van der Waals surface area contributed by atoms with Crippen LogP contribution in [0.4, 0.5) is 24.5 Å². The molecule has 3 N–H and O–H groups in total. The van der Waals surface area contributed by atoms with Crippen LogP contribution < -0.4 is 14.9 Å². The van der Waals surface area contributed by atoms with E-state index in [-0.39, 0.29) is 36.4 Å². The van der Waals surface area contributed by atoms with Crippen LogP contribution in [0.3, 0.4) is 0 Å². The van der Waals surface area contributed by atoms with Crippen molar-refractivity contribution < 1.29 is 36.3 Å². The molecule has 8 nitrogen and oxygen atoms in total. The molecule has 4 aromatic rings. The third-order valence-electron chi connectivity index (χ3n) is 7.22. The molecule has 0 radical (unpaired) electrons. The predicted molar refractivity (Wildman–Crippen MR) is 160 cm³/mol. The Morgan fingerprint density at radius 3 is 2.34 bits per heavy atom. The highest BCUT2D eigenvalue weighted by molar-refractivity contribution is 7.93. The normalized spacial score (nSPS) is 14.6. The van der Waals surface area contributed by atoms with Crippen molar-refractivity contribution >= 4 is 33.3 Å².